The Morgan fingerprint density at radius 1 is 1.40 bits per heavy atom. The van der Waals surface area contributed by atoms with Crippen molar-refractivity contribution in [2.75, 3.05) is 18.4 Å². The summed E-state index contributed by atoms with van der Waals surface area (Å²) in [6.07, 6.45) is 5.60. The summed E-state index contributed by atoms with van der Waals surface area (Å²) < 4.78 is 1.93. The number of aryl methyl sites for hydroxylation is 1. The first-order chi connectivity index (χ1) is 12.0. The SMILES string of the molecule is Cc1cc([N+](=O)[O-])ccc1NC(=O)N1CCC(Cn2cccn2)CC1. The molecule has 0 saturated carbocycles. The second-order valence-corrected chi connectivity index (χ2v) is 6.35. The fourth-order valence-electron chi connectivity index (χ4n) is 3.09. The number of hydrogen-bond donors (Lipinski definition) is 1. The van der Waals surface area contributed by atoms with Gasteiger partial charge in [0.15, 0.2) is 0 Å². The molecular weight excluding hydrogens is 322 g/mol. The van der Waals surface area contributed by atoms with Crippen LogP contribution in [0, 0.1) is 23.0 Å². The molecule has 1 N–H and O–H groups in total. The summed E-state index contributed by atoms with van der Waals surface area (Å²) in [4.78, 5) is 24.6. The highest BCUT2D eigenvalue weighted by atomic mass is 16.6. The fraction of sp³-hybridized carbons (Fsp3) is 0.412. The van der Waals surface area contributed by atoms with Crippen molar-refractivity contribution in [1.29, 1.82) is 0 Å². The van der Waals surface area contributed by atoms with Crippen molar-refractivity contribution < 1.29 is 9.72 Å². The van der Waals surface area contributed by atoms with Crippen LogP contribution in [0.4, 0.5) is 16.2 Å². The molecule has 2 amide bonds. The standard InChI is InChI=1S/C17H21N5O3/c1-13-11-15(22(24)25)3-4-16(13)19-17(23)20-9-5-14(6-10-20)12-21-8-2-7-18-21/h2-4,7-8,11,14H,5-6,9-10,12H2,1H3,(H,19,23). The van der Waals surface area contributed by atoms with E-state index in [4.69, 9.17) is 0 Å². The Balaban J connectivity index is 1.53. The lowest BCUT2D eigenvalue weighted by Gasteiger charge is -2.32. The molecule has 1 saturated heterocycles. The Morgan fingerprint density at radius 2 is 2.16 bits per heavy atom. The maximum atomic E-state index is 12.4. The lowest BCUT2D eigenvalue weighted by Crippen LogP contribution is -2.41. The minimum atomic E-state index is -0.441. The number of carbonyl (C=O) groups excluding carboxylic acids is 1. The molecule has 0 atom stereocenters. The van der Waals surface area contributed by atoms with Gasteiger partial charge in [0.25, 0.3) is 5.69 Å². The Morgan fingerprint density at radius 3 is 2.76 bits per heavy atom. The van der Waals surface area contributed by atoms with Crippen molar-refractivity contribution in [3.05, 3.63) is 52.3 Å². The van der Waals surface area contributed by atoms with Crippen molar-refractivity contribution in [2.24, 2.45) is 5.92 Å². The molecule has 0 spiro atoms. The lowest BCUT2D eigenvalue weighted by atomic mass is 9.97. The summed E-state index contributed by atoms with van der Waals surface area (Å²) in [6, 6.07) is 6.20. The molecule has 2 heterocycles. The number of benzene rings is 1. The van der Waals surface area contributed by atoms with Crippen LogP contribution in [0.25, 0.3) is 0 Å². The Hall–Kier alpha value is -2.90. The summed E-state index contributed by atoms with van der Waals surface area (Å²) in [5.41, 5.74) is 1.31. The maximum absolute atomic E-state index is 12.4. The van der Waals surface area contributed by atoms with Crippen LogP contribution < -0.4 is 5.32 Å². The molecule has 1 aliphatic rings. The Bertz CT molecular complexity index is 752. The average molecular weight is 343 g/mol. The van der Waals surface area contributed by atoms with Crippen molar-refractivity contribution in [3.8, 4) is 0 Å². The predicted molar refractivity (Wildman–Crippen MR) is 93.4 cm³/mol. The van der Waals surface area contributed by atoms with E-state index in [-0.39, 0.29) is 11.7 Å². The van der Waals surface area contributed by atoms with E-state index in [9.17, 15) is 14.9 Å². The van der Waals surface area contributed by atoms with Crippen LogP contribution >= 0.6 is 0 Å². The van der Waals surface area contributed by atoms with Crippen molar-refractivity contribution in [1.82, 2.24) is 14.7 Å². The van der Waals surface area contributed by atoms with Crippen LogP contribution in [-0.4, -0.2) is 38.7 Å². The van der Waals surface area contributed by atoms with Crippen LogP contribution in [0.2, 0.25) is 0 Å². The van der Waals surface area contributed by atoms with Gasteiger partial charge in [-0.2, -0.15) is 5.10 Å². The second-order valence-electron chi connectivity index (χ2n) is 6.35. The van der Waals surface area contributed by atoms with E-state index in [1.165, 1.54) is 12.1 Å². The van der Waals surface area contributed by atoms with Gasteiger partial charge in [-0.05, 0) is 43.4 Å². The Labute approximate surface area is 145 Å². The zero-order chi connectivity index (χ0) is 17.8. The van der Waals surface area contributed by atoms with Gasteiger partial charge in [-0.1, -0.05) is 0 Å². The van der Waals surface area contributed by atoms with Crippen molar-refractivity contribution >= 4 is 17.4 Å². The largest absolute Gasteiger partial charge is 0.325 e. The highest BCUT2D eigenvalue weighted by molar-refractivity contribution is 5.90. The van der Waals surface area contributed by atoms with Gasteiger partial charge in [0, 0.05) is 49.8 Å². The summed E-state index contributed by atoms with van der Waals surface area (Å²) in [7, 11) is 0. The number of carbonyl (C=O) groups is 1. The number of amides is 2. The number of nitro groups is 1. The smallest absolute Gasteiger partial charge is 0.321 e. The highest BCUT2D eigenvalue weighted by Gasteiger charge is 2.23. The van der Waals surface area contributed by atoms with E-state index >= 15 is 0 Å². The summed E-state index contributed by atoms with van der Waals surface area (Å²) in [5.74, 6) is 0.519. The monoisotopic (exact) mass is 343 g/mol. The van der Waals surface area contributed by atoms with Crippen molar-refractivity contribution in [2.45, 2.75) is 26.3 Å². The third kappa shape index (κ3) is 4.14. The number of rotatable bonds is 4. The van der Waals surface area contributed by atoms with Crippen LogP contribution in [-0.2, 0) is 6.54 Å². The molecule has 2 aromatic rings. The van der Waals surface area contributed by atoms with Gasteiger partial charge >= 0.3 is 6.03 Å². The van der Waals surface area contributed by atoms with Gasteiger partial charge in [-0.15, -0.1) is 0 Å². The van der Waals surface area contributed by atoms with E-state index in [0.29, 0.717) is 30.3 Å². The average Bonchev–Trinajstić information content (AvgIpc) is 3.10. The van der Waals surface area contributed by atoms with E-state index in [2.05, 4.69) is 10.4 Å². The van der Waals surface area contributed by atoms with Crippen LogP contribution in [0.3, 0.4) is 0 Å². The summed E-state index contributed by atoms with van der Waals surface area (Å²) in [5, 5.41) is 17.9. The van der Waals surface area contributed by atoms with Gasteiger partial charge in [-0.25, -0.2) is 4.79 Å². The molecule has 0 radical (unpaired) electrons. The predicted octanol–water partition coefficient (Wildman–Crippen LogP) is 3.04. The topological polar surface area (TPSA) is 93.3 Å². The number of nitrogens with one attached hydrogen (secondary N) is 1. The van der Waals surface area contributed by atoms with Crippen LogP contribution in [0.1, 0.15) is 18.4 Å². The van der Waals surface area contributed by atoms with E-state index in [1.807, 2.05) is 16.9 Å². The first kappa shape index (κ1) is 16.9. The normalized spacial score (nSPS) is 15.2. The fourth-order valence-corrected chi connectivity index (χ4v) is 3.09. The van der Waals surface area contributed by atoms with Crippen LogP contribution in [0.5, 0.6) is 0 Å². The maximum Gasteiger partial charge on any atom is 0.321 e. The molecule has 0 unspecified atom stereocenters. The molecule has 132 valence electrons. The first-order valence-corrected chi connectivity index (χ1v) is 8.31. The molecule has 25 heavy (non-hydrogen) atoms. The lowest BCUT2D eigenvalue weighted by molar-refractivity contribution is -0.384. The number of nitrogens with zero attached hydrogens (tertiary/aromatic N) is 4. The number of hydrogen-bond acceptors (Lipinski definition) is 4. The van der Waals surface area contributed by atoms with Gasteiger partial charge in [0.2, 0.25) is 0 Å². The number of non-ortho nitro benzene ring substituents is 1. The zero-order valence-corrected chi connectivity index (χ0v) is 14.1. The molecule has 1 fully saturated rings. The third-order valence-corrected chi connectivity index (χ3v) is 4.57. The van der Waals surface area contributed by atoms with Gasteiger partial charge in [-0.3, -0.25) is 14.8 Å². The Kier molecular flexibility index (Phi) is 4.97. The number of piperidine rings is 1. The molecule has 0 aliphatic carbocycles. The summed E-state index contributed by atoms with van der Waals surface area (Å²) >= 11 is 0. The number of likely N-dealkylation sites (tertiary alicyclic amines) is 1. The minimum Gasteiger partial charge on any atom is -0.325 e. The molecule has 8 heteroatoms. The molecule has 3 rings (SSSR count). The summed E-state index contributed by atoms with van der Waals surface area (Å²) in [6.45, 7) is 4.02. The van der Waals surface area contributed by atoms with E-state index in [1.54, 1.807) is 24.1 Å². The molecule has 1 aromatic carbocycles. The van der Waals surface area contributed by atoms with E-state index in [0.717, 1.165) is 19.4 Å². The van der Waals surface area contributed by atoms with Gasteiger partial charge in [0.1, 0.15) is 0 Å². The number of aromatic nitrogens is 2. The quantitative estimate of drug-likeness (QED) is 0.682. The third-order valence-electron chi connectivity index (χ3n) is 4.57. The highest BCUT2D eigenvalue weighted by Crippen LogP contribution is 2.23. The van der Waals surface area contributed by atoms with E-state index < -0.39 is 4.92 Å². The molecule has 1 aliphatic heterocycles. The molecule has 1 aromatic heterocycles. The number of anilines is 1. The number of urea groups is 1. The van der Waals surface area contributed by atoms with Gasteiger partial charge in [0.05, 0.1) is 4.92 Å². The first-order valence-electron chi connectivity index (χ1n) is 8.31. The molecule has 8 nitrogen and oxygen atoms in total. The van der Waals surface area contributed by atoms with Crippen LogP contribution in [0.15, 0.2) is 36.7 Å². The van der Waals surface area contributed by atoms with Crippen molar-refractivity contribution in [3.63, 3.8) is 0 Å². The molecule has 0 bridgehead atoms. The van der Waals surface area contributed by atoms with Gasteiger partial charge < -0.3 is 10.2 Å². The minimum absolute atomic E-state index is 0.0231. The zero-order valence-electron chi connectivity index (χ0n) is 14.1. The molecular formula is C17H21N5O3. The number of nitro benzene ring substituents is 1. The second kappa shape index (κ2) is 7.33.